The Labute approximate surface area is 87.8 Å². The first kappa shape index (κ1) is 11.9. The Morgan fingerprint density at radius 2 is 2.07 bits per heavy atom. The monoisotopic (exact) mass is 216 g/mol. The van der Waals surface area contributed by atoms with E-state index in [0.29, 0.717) is 13.2 Å². The molecule has 1 amide bonds. The molecule has 86 valence electrons. The molecule has 1 atom stereocenters. The summed E-state index contributed by atoms with van der Waals surface area (Å²) >= 11 is 0. The van der Waals surface area contributed by atoms with E-state index in [1.807, 2.05) is 0 Å². The normalized spacial score (nSPS) is 19.5. The lowest BCUT2D eigenvalue weighted by Crippen LogP contribution is -2.47. The van der Waals surface area contributed by atoms with Crippen LogP contribution in [0.4, 0.5) is 0 Å². The summed E-state index contributed by atoms with van der Waals surface area (Å²) in [5, 5.41) is 11.2. The number of carboxylic acid groups (broad SMARTS) is 1. The minimum absolute atomic E-state index is 0.0612. The highest BCUT2D eigenvalue weighted by atomic mass is 16.5. The number of hydrogen-bond donors (Lipinski definition) is 3. The topological polar surface area (TPSA) is 102 Å². The van der Waals surface area contributed by atoms with Crippen molar-refractivity contribution in [3.8, 4) is 0 Å². The molecule has 0 spiro atoms. The molecule has 0 aromatic carbocycles. The second-order valence-electron chi connectivity index (χ2n) is 3.60. The number of nitrogens with one attached hydrogen (secondary N) is 1. The summed E-state index contributed by atoms with van der Waals surface area (Å²) in [6.45, 7) is 1.25. The summed E-state index contributed by atoms with van der Waals surface area (Å²) in [7, 11) is 0. The number of carboxylic acids is 1. The molecule has 1 aliphatic heterocycles. The fourth-order valence-electron chi connectivity index (χ4n) is 1.43. The predicted molar refractivity (Wildman–Crippen MR) is 52.2 cm³/mol. The van der Waals surface area contributed by atoms with Crippen molar-refractivity contribution < 1.29 is 19.4 Å². The lowest BCUT2D eigenvalue weighted by molar-refractivity contribution is -0.139. The van der Waals surface area contributed by atoms with Crippen molar-refractivity contribution in [2.45, 2.75) is 31.3 Å². The van der Waals surface area contributed by atoms with E-state index >= 15 is 0 Å². The highest BCUT2D eigenvalue weighted by molar-refractivity contribution is 5.86. The zero-order valence-electron chi connectivity index (χ0n) is 8.44. The van der Waals surface area contributed by atoms with Crippen LogP contribution in [0.5, 0.6) is 0 Å². The van der Waals surface area contributed by atoms with Gasteiger partial charge in [0.05, 0.1) is 12.5 Å². The van der Waals surface area contributed by atoms with Crippen LogP contribution in [0.1, 0.15) is 19.3 Å². The number of hydrogen-bond acceptors (Lipinski definition) is 4. The molecule has 6 heteroatoms. The van der Waals surface area contributed by atoms with Gasteiger partial charge in [0.15, 0.2) is 0 Å². The number of rotatable bonds is 4. The quantitative estimate of drug-likeness (QED) is 0.564. The Morgan fingerprint density at radius 1 is 1.47 bits per heavy atom. The van der Waals surface area contributed by atoms with Crippen molar-refractivity contribution in [3.63, 3.8) is 0 Å². The second-order valence-corrected chi connectivity index (χ2v) is 3.60. The van der Waals surface area contributed by atoms with Crippen molar-refractivity contribution in [3.05, 3.63) is 0 Å². The van der Waals surface area contributed by atoms with E-state index in [9.17, 15) is 9.59 Å². The van der Waals surface area contributed by atoms with Crippen LogP contribution >= 0.6 is 0 Å². The average molecular weight is 216 g/mol. The first-order chi connectivity index (χ1) is 7.09. The molecule has 1 fully saturated rings. The van der Waals surface area contributed by atoms with Crippen LogP contribution in [0.25, 0.3) is 0 Å². The van der Waals surface area contributed by atoms with Gasteiger partial charge >= 0.3 is 5.97 Å². The fourth-order valence-corrected chi connectivity index (χ4v) is 1.43. The molecular weight excluding hydrogens is 200 g/mol. The third-order valence-corrected chi connectivity index (χ3v) is 2.30. The SMILES string of the molecule is N[C@H](CC(=O)O)C(=O)NC1CCOCC1. The standard InChI is InChI=1S/C9H16N2O4/c10-7(5-8(12)13)9(14)11-6-1-3-15-4-2-6/h6-7H,1-5,10H2,(H,11,14)(H,12,13)/t7-/m1/s1. The maximum Gasteiger partial charge on any atom is 0.305 e. The van der Waals surface area contributed by atoms with Crippen LogP contribution in [-0.4, -0.2) is 42.3 Å². The second kappa shape index (κ2) is 5.67. The Balaban J connectivity index is 2.30. The van der Waals surface area contributed by atoms with Gasteiger partial charge in [-0.15, -0.1) is 0 Å². The molecule has 0 unspecified atom stereocenters. The van der Waals surface area contributed by atoms with Gasteiger partial charge in [0.2, 0.25) is 5.91 Å². The molecule has 4 N–H and O–H groups in total. The van der Waals surface area contributed by atoms with Gasteiger partial charge < -0.3 is 20.9 Å². The van der Waals surface area contributed by atoms with Crippen LogP contribution in [-0.2, 0) is 14.3 Å². The number of amides is 1. The molecule has 1 aliphatic rings. The summed E-state index contributed by atoms with van der Waals surface area (Å²) in [6, 6.07) is -0.906. The van der Waals surface area contributed by atoms with Crippen LogP contribution in [0, 0.1) is 0 Å². The zero-order chi connectivity index (χ0) is 11.3. The Bertz CT molecular complexity index is 238. The summed E-state index contributed by atoms with van der Waals surface area (Å²) in [6.07, 6.45) is 1.17. The maximum atomic E-state index is 11.4. The largest absolute Gasteiger partial charge is 0.481 e. The van der Waals surface area contributed by atoms with E-state index in [4.69, 9.17) is 15.6 Å². The van der Waals surface area contributed by atoms with Crippen LogP contribution in [0.3, 0.4) is 0 Å². The summed E-state index contributed by atoms with van der Waals surface area (Å²) < 4.78 is 5.13. The van der Waals surface area contributed by atoms with E-state index in [2.05, 4.69) is 5.32 Å². The minimum atomic E-state index is -1.07. The number of ether oxygens (including phenoxy) is 1. The molecule has 0 aliphatic carbocycles. The maximum absolute atomic E-state index is 11.4. The third-order valence-electron chi connectivity index (χ3n) is 2.30. The van der Waals surface area contributed by atoms with Gasteiger partial charge in [-0.25, -0.2) is 0 Å². The molecule has 0 bridgehead atoms. The summed E-state index contributed by atoms with van der Waals surface area (Å²) in [5.74, 6) is -1.46. The number of carbonyl (C=O) groups excluding carboxylic acids is 1. The van der Waals surface area contributed by atoms with Crippen molar-refractivity contribution in [2.75, 3.05) is 13.2 Å². The van der Waals surface area contributed by atoms with Crippen LogP contribution < -0.4 is 11.1 Å². The Morgan fingerprint density at radius 3 is 2.60 bits per heavy atom. The first-order valence-corrected chi connectivity index (χ1v) is 4.95. The lowest BCUT2D eigenvalue weighted by Gasteiger charge is -2.24. The van der Waals surface area contributed by atoms with Crippen molar-refractivity contribution >= 4 is 11.9 Å². The van der Waals surface area contributed by atoms with Crippen molar-refractivity contribution in [2.24, 2.45) is 5.73 Å². The molecule has 0 aromatic rings. The first-order valence-electron chi connectivity index (χ1n) is 4.95. The fraction of sp³-hybridized carbons (Fsp3) is 0.778. The van der Waals surface area contributed by atoms with E-state index in [0.717, 1.165) is 12.8 Å². The summed E-state index contributed by atoms with van der Waals surface area (Å²) in [4.78, 5) is 21.7. The van der Waals surface area contributed by atoms with Gasteiger partial charge in [0, 0.05) is 19.3 Å². The van der Waals surface area contributed by atoms with Gasteiger partial charge in [-0.2, -0.15) is 0 Å². The number of nitrogens with two attached hydrogens (primary N) is 1. The molecule has 0 aromatic heterocycles. The van der Waals surface area contributed by atoms with E-state index in [-0.39, 0.29) is 12.5 Å². The van der Waals surface area contributed by atoms with Crippen molar-refractivity contribution in [1.82, 2.24) is 5.32 Å². The highest BCUT2D eigenvalue weighted by Crippen LogP contribution is 2.06. The van der Waals surface area contributed by atoms with Gasteiger partial charge in [-0.3, -0.25) is 9.59 Å². The number of aliphatic carboxylic acids is 1. The molecular formula is C9H16N2O4. The van der Waals surface area contributed by atoms with E-state index in [1.54, 1.807) is 0 Å². The van der Waals surface area contributed by atoms with Gasteiger partial charge in [0.1, 0.15) is 0 Å². The molecule has 1 rings (SSSR count). The smallest absolute Gasteiger partial charge is 0.305 e. The molecule has 15 heavy (non-hydrogen) atoms. The lowest BCUT2D eigenvalue weighted by atomic mass is 10.1. The number of carbonyl (C=O) groups is 2. The molecule has 6 nitrogen and oxygen atoms in total. The molecule has 0 saturated carbocycles. The highest BCUT2D eigenvalue weighted by Gasteiger charge is 2.21. The van der Waals surface area contributed by atoms with Gasteiger partial charge in [-0.1, -0.05) is 0 Å². The van der Waals surface area contributed by atoms with Crippen LogP contribution in [0.2, 0.25) is 0 Å². The van der Waals surface area contributed by atoms with Gasteiger partial charge in [-0.05, 0) is 12.8 Å². The average Bonchev–Trinajstić information content (AvgIpc) is 2.18. The minimum Gasteiger partial charge on any atom is -0.481 e. The third kappa shape index (κ3) is 4.26. The van der Waals surface area contributed by atoms with Crippen LogP contribution in [0.15, 0.2) is 0 Å². The van der Waals surface area contributed by atoms with E-state index < -0.39 is 17.9 Å². The van der Waals surface area contributed by atoms with E-state index in [1.165, 1.54) is 0 Å². The molecule has 1 heterocycles. The van der Waals surface area contributed by atoms with Gasteiger partial charge in [0.25, 0.3) is 0 Å². The van der Waals surface area contributed by atoms with Crippen molar-refractivity contribution in [1.29, 1.82) is 0 Å². The Hall–Kier alpha value is -1.14. The Kier molecular flexibility index (Phi) is 4.51. The predicted octanol–water partition coefficient (Wildman–Crippen LogP) is -0.916. The molecule has 0 radical (unpaired) electrons. The molecule has 1 saturated heterocycles. The zero-order valence-corrected chi connectivity index (χ0v) is 8.44. The summed E-state index contributed by atoms with van der Waals surface area (Å²) in [5.41, 5.74) is 5.41.